The average Bonchev–Trinajstić information content (AvgIpc) is 1.94. The standard InChI is InChI=1S/C6H4FNO3.K.H/c7-4-1-2-6(9)5(3-4)8(10)11;;/h1-3,9H;;/q;+1;-1. The van der Waals surface area contributed by atoms with Crippen molar-refractivity contribution in [3.8, 4) is 5.75 Å². The molecule has 0 heterocycles. The topological polar surface area (TPSA) is 63.4 Å². The molecule has 12 heavy (non-hydrogen) atoms. The number of halogens is 1. The zero-order chi connectivity index (χ0) is 8.43. The molecule has 0 aliphatic rings. The van der Waals surface area contributed by atoms with Gasteiger partial charge < -0.3 is 6.53 Å². The first-order valence-electron chi connectivity index (χ1n) is 2.74. The van der Waals surface area contributed by atoms with Crippen LogP contribution in [-0.4, -0.2) is 10.0 Å². The van der Waals surface area contributed by atoms with Crippen LogP contribution in [0.15, 0.2) is 18.2 Å². The van der Waals surface area contributed by atoms with Gasteiger partial charge in [-0.1, -0.05) is 0 Å². The molecule has 6 heteroatoms. The first-order valence-corrected chi connectivity index (χ1v) is 2.74. The van der Waals surface area contributed by atoms with Gasteiger partial charge in [-0.25, -0.2) is 4.39 Å². The number of nitro benzene ring substituents is 1. The van der Waals surface area contributed by atoms with Gasteiger partial charge in [0.2, 0.25) is 0 Å². The fraction of sp³-hybridized carbons (Fsp3) is 0. The number of nitro groups is 1. The van der Waals surface area contributed by atoms with Crippen LogP contribution in [0.3, 0.4) is 0 Å². The minimum Gasteiger partial charge on any atom is -1.00 e. The molecule has 60 valence electrons. The molecule has 0 saturated heterocycles. The number of rotatable bonds is 1. The molecule has 4 nitrogen and oxygen atoms in total. The van der Waals surface area contributed by atoms with E-state index in [2.05, 4.69) is 0 Å². The summed E-state index contributed by atoms with van der Waals surface area (Å²) in [5.74, 6) is -1.27. The van der Waals surface area contributed by atoms with E-state index in [0.717, 1.165) is 12.1 Å². The largest absolute Gasteiger partial charge is 1.00 e. The van der Waals surface area contributed by atoms with Crippen LogP contribution in [0.2, 0.25) is 0 Å². The van der Waals surface area contributed by atoms with E-state index < -0.39 is 22.2 Å². The average molecular weight is 197 g/mol. The van der Waals surface area contributed by atoms with Gasteiger partial charge in [-0.2, -0.15) is 0 Å². The van der Waals surface area contributed by atoms with Gasteiger partial charge in [-0.15, -0.1) is 0 Å². The molecule has 0 aliphatic heterocycles. The van der Waals surface area contributed by atoms with Gasteiger partial charge in [-0.05, 0) is 12.1 Å². The van der Waals surface area contributed by atoms with Gasteiger partial charge in [0.25, 0.3) is 0 Å². The summed E-state index contributed by atoms with van der Waals surface area (Å²) >= 11 is 0. The summed E-state index contributed by atoms with van der Waals surface area (Å²) in [5, 5.41) is 18.8. The fourth-order valence-corrected chi connectivity index (χ4v) is 0.643. The van der Waals surface area contributed by atoms with E-state index in [-0.39, 0.29) is 52.8 Å². The van der Waals surface area contributed by atoms with E-state index >= 15 is 0 Å². The van der Waals surface area contributed by atoms with Crippen LogP contribution < -0.4 is 51.4 Å². The Hall–Kier alpha value is -0.0136. The summed E-state index contributed by atoms with van der Waals surface area (Å²) in [7, 11) is 0. The molecule has 0 spiro atoms. The molecule has 0 fully saturated rings. The first kappa shape index (κ1) is 12.0. The van der Waals surface area contributed by atoms with Gasteiger partial charge >= 0.3 is 57.1 Å². The molecule has 0 radical (unpaired) electrons. The molecule has 1 aromatic rings. The molecule has 0 aliphatic carbocycles. The molecule has 1 rings (SSSR count). The van der Waals surface area contributed by atoms with Crippen molar-refractivity contribution in [2.45, 2.75) is 0 Å². The van der Waals surface area contributed by atoms with E-state index in [1.54, 1.807) is 0 Å². The van der Waals surface area contributed by atoms with E-state index in [9.17, 15) is 14.5 Å². The van der Waals surface area contributed by atoms with Crippen LogP contribution in [0.4, 0.5) is 10.1 Å². The molecular formula is C6H5FKNO3. The number of benzene rings is 1. The maximum absolute atomic E-state index is 12.3. The minimum atomic E-state index is -0.849. The Kier molecular flexibility index (Phi) is 4.87. The summed E-state index contributed by atoms with van der Waals surface area (Å²) in [6.45, 7) is 0. The maximum Gasteiger partial charge on any atom is 1.00 e. The predicted molar refractivity (Wildman–Crippen MR) is 35.8 cm³/mol. The summed E-state index contributed by atoms with van der Waals surface area (Å²) in [5.41, 5.74) is -0.620. The number of phenolic OH excluding ortho intramolecular Hbond substituents is 1. The Labute approximate surface area is 111 Å². The van der Waals surface area contributed by atoms with Crippen LogP contribution >= 0.6 is 0 Å². The summed E-state index contributed by atoms with van der Waals surface area (Å²) in [6.07, 6.45) is 0. The molecule has 0 bridgehead atoms. The molecule has 1 N–H and O–H groups in total. The van der Waals surface area contributed by atoms with E-state index in [0.29, 0.717) is 6.07 Å². The second-order valence-electron chi connectivity index (χ2n) is 1.89. The van der Waals surface area contributed by atoms with Gasteiger partial charge in [0, 0.05) is 0 Å². The Morgan fingerprint density at radius 1 is 1.58 bits per heavy atom. The normalized spacial score (nSPS) is 8.75. The van der Waals surface area contributed by atoms with Crippen molar-refractivity contribution in [3.63, 3.8) is 0 Å². The van der Waals surface area contributed by atoms with Gasteiger partial charge in [0.1, 0.15) is 5.82 Å². The molecule has 0 unspecified atom stereocenters. The second kappa shape index (κ2) is 4.88. The third-order valence-corrected chi connectivity index (χ3v) is 1.13. The maximum atomic E-state index is 12.3. The van der Waals surface area contributed by atoms with Crippen molar-refractivity contribution in [2.75, 3.05) is 0 Å². The Bertz CT molecular complexity index is 310. The summed E-state index contributed by atoms with van der Waals surface area (Å²) in [6, 6.07) is 2.55. The first-order chi connectivity index (χ1) is 5.11. The van der Waals surface area contributed by atoms with Crippen molar-refractivity contribution in [2.24, 2.45) is 0 Å². The molecule has 0 amide bonds. The van der Waals surface area contributed by atoms with E-state index in [4.69, 9.17) is 5.11 Å². The van der Waals surface area contributed by atoms with Gasteiger partial charge in [0.05, 0.1) is 11.0 Å². The Morgan fingerprint density at radius 2 is 2.17 bits per heavy atom. The molecule has 1 aromatic carbocycles. The van der Waals surface area contributed by atoms with Gasteiger partial charge in [-0.3, -0.25) is 10.1 Å². The molecule has 0 atom stereocenters. The predicted octanol–water partition coefficient (Wildman–Crippen LogP) is -1.44. The number of phenols is 1. The minimum absolute atomic E-state index is 0. The van der Waals surface area contributed by atoms with Crippen molar-refractivity contribution >= 4 is 5.69 Å². The molecule has 0 saturated carbocycles. The van der Waals surface area contributed by atoms with E-state index in [1.807, 2.05) is 0 Å². The van der Waals surface area contributed by atoms with Crippen molar-refractivity contribution in [3.05, 3.63) is 34.1 Å². The third-order valence-electron chi connectivity index (χ3n) is 1.13. The molecular weight excluding hydrogens is 192 g/mol. The van der Waals surface area contributed by atoms with Crippen molar-refractivity contribution < 1.29 is 67.2 Å². The summed E-state index contributed by atoms with van der Waals surface area (Å²) < 4.78 is 12.3. The Morgan fingerprint density at radius 3 is 2.58 bits per heavy atom. The van der Waals surface area contributed by atoms with Crippen molar-refractivity contribution in [1.29, 1.82) is 0 Å². The summed E-state index contributed by atoms with van der Waals surface area (Å²) in [4.78, 5) is 9.20. The third kappa shape index (κ3) is 2.79. The Balaban J connectivity index is 0. The number of nitrogens with zero attached hydrogens (tertiary/aromatic N) is 1. The van der Waals surface area contributed by atoms with Gasteiger partial charge in [0.15, 0.2) is 5.75 Å². The van der Waals surface area contributed by atoms with Crippen LogP contribution in [0.5, 0.6) is 5.75 Å². The SMILES string of the molecule is O=[N+]([O-])c1cc(F)ccc1O.[H-].[K+]. The smallest absolute Gasteiger partial charge is 1.00 e. The monoisotopic (exact) mass is 197 g/mol. The molecule has 0 aromatic heterocycles. The number of hydrogen-bond donors (Lipinski definition) is 1. The quantitative estimate of drug-likeness (QED) is 0.340. The van der Waals surface area contributed by atoms with E-state index in [1.165, 1.54) is 0 Å². The number of aromatic hydroxyl groups is 1. The van der Waals surface area contributed by atoms with Crippen LogP contribution in [0.25, 0.3) is 0 Å². The second-order valence-corrected chi connectivity index (χ2v) is 1.89. The van der Waals surface area contributed by atoms with Crippen LogP contribution in [0, 0.1) is 15.9 Å². The zero-order valence-electron chi connectivity index (χ0n) is 7.32. The number of hydrogen-bond acceptors (Lipinski definition) is 3. The fourth-order valence-electron chi connectivity index (χ4n) is 0.643. The van der Waals surface area contributed by atoms with Crippen LogP contribution in [-0.2, 0) is 0 Å². The zero-order valence-corrected chi connectivity index (χ0v) is 9.44. The van der Waals surface area contributed by atoms with Crippen molar-refractivity contribution in [1.82, 2.24) is 0 Å². The van der Waals surface area contributed by atoms with Crippen LogP contribution in [0.1, 0.15) is 1.43 Å².